The topological polar surface area (TPSA) is 9.23 Å². The molecule has 0 unspecified atom stereocenters. The SMILES string of the molecule is ClCC/C=C/C1CCOCC1. The Balaban J connectivity index is 2.13. The van der Waals surface area contributed by atoms with Gasteiger partial charge in [0.1, 0.15) is 0 Å². The van der Waals surface area contributed by atoms with Gasteiger partial charge in [0.05, 0.1) is 0 Å². The van der Waals surface area contributed by atoms with E-state index < -0.39 is 0 Å². The van der Waals surface area contributed by atoms with Crippen LogP contribution in [0.5, 0.6) is 0 Å². The monoisotopic (exact) mass is 174 g/mol. The number of hydrogen-bond donors (Lipinski definition) is 0. The summed E-state index contributed by atoms with van der Waals surface area (Å²) < 4.78 is 5.25. The Morgan fingerprint density at radius 3 is 2.73 bits per heavy atom. The Bertz CT molecular complexity index is 117. The summed E-state index contributed by atoms with van der Waals surface area (Å²) in [4.78, 5) is 0. The lowest BCUT2D eigenvalue weighted by Gasteiger charge is -2.18. The summed E-state index contributed by atoms with van der Waals surface area (Å²) in [6.07, 6.45) is 7.82. The summed E-state index contributed by atoms with van der Waals surface area (Å²) in [5.41, 5.74) is 0. The van der Waals surface area contributed by atoms with E-state index in [9.17, 15) is 0 Å². The molecular formula is C9H15ClO. The largest absolute Gasteiger partial charge is 0.381 e. The van der Waals surface area contributed by atoms with Gasteiger partial charge in [0, 0.05) is 19.1 Å². The molecule has 1 nitrogen and oxygen atoms in total. The zero-order chi connectivity index (χ0) is 7.94. The van der Waals surface area contributed by atoms with Crippen LogP contribution in [0.25, 0.3) is 0 Å². The lowest BCUT2D eigenvalue weighted by atomic mass is 10.00. The van der Waals surface area contributed by atoms with E-state index in [1.54, 1.807) is 0 Å². The maximum absolute atomic E-state index is 5.54. The van der Waals surface area contributed by atoms with Crippen LogP contribution in [0.15, 0.2) is 12.2 Å². The minimum atomic E-state index is 0.736. The average molecular weight is 175 g/mol. The molecule has 0 aromatic carbocycles. The minimum absolute atomic E-state index is 0.736. The van der Waals surface area contributed by atoms with Gasteiger partial charge in [0.2, 0.25) is 0 Å². The van der Waals surface area contributed by atoms with Crippen molar-refractivity contribution in [3.63, 3.8) is 0 Å². The molecule has 1 saturated heterocycles. The minimum Gasteiger partial charge on any atom is -0.381 e. The number of hydrogen-bond acceptors (Lipinski definition) is 1. The average Bonchev–Trinajstić information content (AvgIpc) is 2.07. The Hall–Kier alpha value is -0.0100. The molecule has 0 N–H and O–H groups in total. The van der Waals surface area contributed by atoms with Gasteiger partial charge < -0.3 is 4.74 Å². The third-order valence-corrected chi connectivity index (χ3v) is 2.17. The van der Waals surface area contributed by atoms with Crippen molar-refractivity contribution < 1.29 is 4.74 Å². The molecule has 0 aliphatic carbocycles. The molecule has 0 amide bonds. The highest BCUT2D eigenvalue weighted by Gasteiger charge is 2.09. The lowest BCUT2D eigenvalue weighted by Crippen LogP contribution is -2.13. The van der Waals surface area contributed by atoms with Crippen molar-refractivity contribution in [1.82, 2.24) is 0 Å². The summed E-state index contributed by atoms with van der Waals surface area (Å²) in [6.45, 7) is 1.85. The summed E-state index contributed by atoms with van der Waals surface area (Å²) in [6, 6.07) is 0. The third-order valence-electron chi connectivity index (χ3n) is 1.95. The molecule has 1 heterocycles. The van der Waals surface area contributed by atoms with Gasteiger partial charge in [0.25, 0.3) is 0 Å². The fraction of sp³-hybridized carbons (Fsp3) is 0.778. The number of halogens is 1. The molecule has 2 heteroatoms. The van der Waals surface area contributed by atoms with E-state index in [0.717, 1.165) is 31.4 Å². The first kappa shape index (κ1) is 9.08. The maximum Gasteiger partial charge on any atom is 0.0471 e. The molecule has 0 radical (unpaired) electrons. The summed E-state index contributed by atoms with van der Waals surface area (Å²) in [7, 11) is 0. The van der Waals surface area contributed by atoms with Crippen molar-refractivity contribution in [1.29, 1.82) is 0 Å². The molecule has 0 spiro atoms. The van der Waals surface area contributed by atoms with Crippen LogP contribution in [0.4, 0.5) is 0 Å². The van der Waals surface area contributed by atoms with Crippen LogP contribution in [0.2, 0.25) is 0 Å². The first-order valence-electron chi connectivity index (χ1n) is 4.24. The van der Waals surface area contributed by atoms with Gasteiger partial charge in [-0.3, -0.25) is 0 Å². The van der Waals surface area contributed by atoms with Crippen molar-refractivity contribution in [2.45, 2.75) is 19.3 Å². The first-order valence-corrected chi connectivity index (χ1v) is 4.77. The number of allylic oxidation sites excluding steroid dienone is 2. The van der Waals surface area contributed by atoms with Crippen molar-refractivity contribution in [3.8, 4) is 0 Å². The summed E-state index contributed by atoms with van der Waals surface area (Å²) in [5, 5.41) is 0. The number of rotatable bonds is 3. The molecular weight excluding hydrogens is 160 g/mol. The van der Waals surface area contributed by atoms with Crippen LogP contribution in [0.1, 0.15) is 19.3 Å². The van der Waals surface area contributed by atoms with Crippen molar-refractivity contribution in [2.24, 2.45) is 5.92 Å². The van der Waals surface area contributed by atoms with E-state index in [1.807, 2.05) is 0 Å². The maximum atomic E-state index is 5.54. The molecule has 64 valence electrons. The molecule has 0 bridgehead atoms. The Kier molecular flexibility index (Phi) is 4.64. The van der Waals surface area contributed by atoms with E-state index in [-0.39, 0.29) is 0 Å². The van der Waals surface area contributed by atoms with Crippen LogP contribution in [0.3, 0.4) is 0 Å². The fourth-order valence-corrected chi connectivity index (χ4v) is 1.39. The summed E-state index contributed by atoms with van der Waals surface area (Å²) in [5.74, 6) is 1.48. The van der Waals surface area contributed by atoms with Gasteiger partial charge in [-0.2, -0.15) is 0 Å². The second kappa shape index (κ2) is 5.62. The standard InChI is InChI=1S/C9H15ClO/c10-6-2-1-3-9-4-7-11-8-5-9/h1,3,9H,2,4-8H2/b3-1+. The second-order valence-corrected chi connectivity index (χ2v) is 3.23. The second-order valence-electron chi connectivity index (χ2n) is 2.86. The molecule has 0 atom stereocenters. The lowest BCUT2D eigenvalue weighted by molar-refractivity contribution is 0.0785. The molecule has 0 aromatic rings. The molecule has 11 heavy (non-hydrogen) atoms. The van der Waals surface area contributed by atoms with E-state index in [0.29, 0.717) is 0 Å². The molecule has 1 rings (SSSR count). The molecule has 1 aliphatic heterocycles. The highest BCUT2D eigenvalue weighted by molar-refractivity contribution is 6.17. The van der Waals surface area contributed by atoms with E-state index in [2.05, 4.69) is 12.2 Å². The van der Waals surface area contributed by atoms with Crippen LogP contribution in [-0.2, 0) is 4.74 Å². The Morgan fingerprint density at radius 1 is 1.36 bits per heavy atom. The fourth-order valence-electron chi connectivity index (χ4n) is 1.26. The Labute approximate surface area is 73.4 Å². The first-order chi connectivity index (χ1) is 5.43. The predicted molar refractivity (Wildman–Crippen MR) is 48.0 cm³/mol. The molecule has 1 fully saturated rings. The van der Waals surface area contributed by atoms with Gasteiger partial charge in [0.15, 0.2) is 0 Å². The Morgan fingerprint density at radius 2 is 2.09 bits per heavy atom. The molecule has 1 aliphatic rings. The van der Waals surface area contributed by atoms with E-state index >= 15 is 0 Å². The van der Waals surface area contributed by atoms with Crippen molar-refractivity contribution in [3.05, 3.63) is 12.2 Å². The van der Waals surface area contributed by atoms with E-state index in [1.165, 1.54) is 12.8 Å². The highest BCUT2D eigenvalue weighted by Crippen LogP contribution is 2.15. The van der Waals surface area contributed by atoms with Gasteiger partial charge in [-0.05, 0) is 25.2 Å². The predicted octanol–water partition coefficient (Wildman–Crippen LogP) is 2.60. The highest BCUT2D eigenvalue weighted by atomic mass is 35.5. The van der Waals surface area contributed by atoms with E-state index in [4.69, 9.17) is 16.3 Å². The zero-order valence-corrected chi connectivity index (χ0v) is 7.52. The quantitative estimate of drug-likeness (QED) is 0.472. The van der Waals surface area contributed by atoms with Crippen molar-refractivity contribution in [2.75, 3.05) is 19.1 Å². The van der Waals surface area contributed by atoms with Crippen LogP contribution in [-0.4, -0.2) is 19.1 Å². The smallest absolute Gasteiger partial charge is 0.0471 e. The summed E-state index contributed by atoms with van der Waals surface area (Å²) >= 11 is 5.54. The number of ether oxygens (including phenoxy) is 1. The van der Waals surface area contributed by atoms with Gasteiger partial charge in [-0.1, -0.05) is 12.2 Å². The number of alkyl halides is 1. The normalized spacial score (nSPS) is 21.2. The van der Waals surface area contributed by atoms with Crippen LogP contribution in [0, 0.1) is 5.92 Å². The zero-order valence-electron chi connectivity index (χ0n) is 6.76. The van der Waals surface area contributed by atoms with Gasteiger partial charge in [-0.25, -0.2) is 0 Å². The van der Waals surface area contributed by atoms with Gasteiger partial charge >= 0.3 is 0 Å². The van der Waals surface area contributed by atoms with Crippen LogP contribution < -0.4 is 0 Å². The third kappa shape index (κ3) is 3.78. The van der Waals surface area contributed by atoms with Crippen molar-refractivity contribution >= 4 is 11.6 Å². The molecule has 0 aromatic heterocycles. The van der Waals surface area contributed by atoms with Crippen LogP contribution >= 0.6 is 11.6 Å². The molecule has 0 saturated carbocycles. The van der Waals surface area contributed by atoms with Gasteiger partial charge in [-0.15, -0.1) is 11.6 Å².